The smallest absolute Gasteiger partial charge is 0.349 e. The number of aldehydes is 1. The summed E-state index contributed by atoms with van der Waals surface area (Å²) in [6, 6.07) is 9.29. The first kappa shape index (κ1) is 25.1. The Balaban J connectivity index is 1.92. The lowest BCUT2D eigenvalue weighted by atomic mass is 10.0. The molecule has 0 spiro atoms. The van der Waals surface area contributed by atoms with Gasteiger partial charge in [-0.15, -0.1) is 5.10 Å². The number of H-pyrrole nitrogens is 1. The van der Waals surface area contributed by atoms with Crippen molar-refractivity contribution in [1.29, 1.82) is 5.26 Å². The van der Waals surface area contributed by atoms with Crippen LogP contribution in [-0.2, 0) is 11.2 Å². The number of carbonyl (C=O) groups excluding carboxylic acids is 1. The second-order valence-corrected chi connectivity index (χ2v) is 8.01. The van der Waals surface area contributed by atoms with Gasteiger partial charge in [-0.05, 0) is 49.4 Å². The maximum absolute atomic E-state index is 12.1. The Hall–Kier alpha value is -3.49. The fourth-order valence-electron chi connectivity index (χ4n) is 3.11. The molecule has 0 saturated carbocycles. The lowest BCUT2D eigenvalue weighted by Crippen LogP contribution is -2.33. The van der Waals surface area contributed by atoms with E-state index in [1.54, 1.807) is 31.4 Å². The molecule has 0 atom stereocenters. The third-order valence-corrected chi connectivity index (χ3v) is 5.30. The van der Waals surface area contributed by atoms with Gasteiger partial charge in [0.1, 0.15) is 18.1 Å². The number of aromatic amines is 1. The number of benzene rings is 2. The highest BCUT2D eigenvalue weighted by Crippen LogP contribution is 2.38. The first-order valence-corrected chi connectivity index (χ1v) is 10.6. The van der Waals surface area contributed by atoms with E-state index in [9.17, 15) is 14.4 Å². The molecular weight excluding hydrogens is 485 g/mol. The summed E-state index contributed by atoms with van der Waals surface area (Å²) in [5, 5.41) is 12.8. The lowest BCUT2D eigenvalue weighted by molar-refractivity contribution is 0.0826. The van der Waals surface area contributed by atoms with Gasteiger partial charge in [0.15, 0.2) is 5.75 Å². The maximum Gasteiger partial charge on any atom is 0.349 e. The van der Waals surface area contributed by atoms with Crippen LogP contribution in [0.2, 0.25) is 10.0 Å². The van der Waals surface area contributed by atoms with Gasteiger partial charge in [-0.1, -0.05) is 23.2 Å². The van der Waals surface area contributed by atoms with Crippen LogP contribution in [0.15, 0.2) is 39.9 Å². The zero-order chi connectivity index (χ0) is 24.8. The van der Waals surface area contributed by atoms with Crippen molar-refractivity contribution in [3.63, 3.8) is 0 Å². The molecule has 1 aromatic heterocycles. The summed E-state index contributed by atoms with van der Waals surface area (Å²) >= 11 is 12.7. The average Bonchev–Trinajstić information content (AvgIpc) is 2.80. The molecule has 0 fully saturated rings. The Labute approximate surface area is 203 Å². The van der Waals surface area contributed by atoms with Crippen LogP contribution in [0.5, 0.6) is 11.5 Å². The first-order chi connectivity index (χ1) is 16.3. The van der Waals surface area contributed by atoms with Crippen LogP contribution in [0.4, 0.5) is 0 Å². The van der Waals surface area contributed by atoms with Crippen molar-refractivity contribution in [2.75, 3.05) is 27.4 Å². The van der Waals surface area contributed by atoms with Gasteiger partial charge >= 0.3 is 5.69 Å². The van der Waals surface area contributed by atoms with Gasteiger partial charge in [-0.25, -0.2) is 4.79 Å². The molecule has 10 nitrogen and oxygen atoms in total. The number of likely N-dealkylation sites (N-methyl/N-ethyl adjacent to an activating group) is 1. The molecule has 0 aliphatic heterocycles. The number of nitrogens with one attached hydrogen (secondary N) is 1. The van der Waals surface area contributed by atoms with Crippen LogP contribution in [0, 0.1) is 11.3 Å². The molecule has 34 heavy (non-hydrogen) atoms. The number of hydrogen-bond acceptors (Lipinski definition) is 8. The highest BCUT2D eigenvalue weighted by atomic mass is 35.5. The molecular formula is C22H19Cl2N5O5. The lowest BCUT2D eigenvalue weighted by Gasteiger charge is -2.17. The molecule has 0 radical (unpaired) electrons. The number of halogens is 2. The van der Waals surface area contributed by atoms with E-state index in [0.29, 0.717) is 31.0 Å². The van der Waals surface area contributed by atoms with Crippen LogP contribution in [0.25, 0.3) is 5.69 Å². The summed E-state index contributed by atoms with van der Waals surface area (Å²) in [5.41, 5.74) is -0.833. The Bertz CT molecular complexity index is 1360. The van der Waals surface area contributed by atoms with Crippen LogP contribution in [-0.4, -0.2) is 53.4 Å². The second kappa shape index (κ2) is 11.1. The van der Waals surface area contributed by atoms with E-state index in [1.165, 1.54) is 12.1 Å². The van der Waals surface area contributed by atoms with Gasteiger partial charge in [0.2, 0.25) is 5.69 Å². The summed E-state index contributed by atoms with van der Waals surface area (Å²) in [6.07, 6.45) is 1.35. The Morgan fingerprint density at radius 3 is 2.56 bits per heavy atom. The summed E-state index contributed by atoms with van der Waals surface area (Å²) in [4.78, 5) is 39.1. The Morgan fingerprint density at radius 2 is 1.94 bits per heavy atom. The number of ether oxygens (including phenoxy) is 2. The maximum atomic E-state index is 12.1. The van der Waals surface area contributed by atoms with Crippen LogP contribution < -0.4 is 16.0 Å². The highest BCUT2D eigenvalue weighted by Gasteiger charge is 2.16. The molecule has 12 heteroatoms. The van der Waals surface area contributed by atoms with E-state index in [0.717, 1.165) is 16.5 Å². The average molecular weight is 504 g/mol. The van der Waals surface area contributed by atoms with Crippen molar-refractivity contribution in [2.45, 2.75) is 6.42 Å². The van der Waals surface area contributed by atoms with Crippen LogP contribution in [0.1, 0.15) is 21.6 Å². The van der Waals surface area contributed by atoms with Crippen molar-refractivity contribution in [3.05, 3.63) is 78.0 Å². The minimum atomic E-state index is -0.899. The van der Waals surface area contributed by atoms with Gasteiger partial charge in [-0.3, -0.25) is 19.5 Å². The third-order valence-electron chi connectivity index (χ3n) is 4.74. The number of carbonyl (C=O) groups is 1. The van der Waals surface area contributed by atoms with Gasteiger partial charge in [0.25, 0.3) is 5.56 Å². The quantitative estimate of drug-likeness (QED) is 0.348. The number of hydrogen-bond donors (Lipinski definition) is 1. The molecule has 0 aliphatic carbocycles. The third kappa shape index (κ3) is 5.70. The number of nitriles is 1. The van der Waals surface area contributed by atoms with E-state index < -0.39 is 16.9 Å². The predicted octanol–water partition coefficient (Wildman–Crippen LogP) is 2.78. The van der Waals surface area contributed by atoms with Crippen molar-refractivity contribution in [1.82, 2.24) is 19.7 Å². The molecule has 1 heterocycles. The number of methoxy groups -OCH3 is 1. The van der Waals surface area contributed by atoms with Crippen molar-refractivity contribution >= 4 is 29.5 Å². The largest absolute Gasteiger partial charge is 0.454 e. The van der Waals surface area contributed by atoms with Crippen molar-refractivity contribution < 1.29 is 14.3 Å². The van der Waals surface area contributed by atoms with Gasteiger partial charge < -0.3 is 9.47 Å². The number of aromatic nitrogens is 3. The van der Waals surface area contributed by atoms with Gasteiger partial charge in [0.05, 0.1) is 22.5 Å². The van der Waals surface area contributed by atoms with E-state index in [4.69, 9.17) is 37.9 Å². The molecule has 3 aromatic rings. The zero-order valence-corrected chi connectivity index (χ0v) is 19.7. The van der Waals surface area contributed by atoms with Crippen LogP contribution >= 0.6 is 23.2 Å². The summed E-state index contributed by atoms with van der Waals surface area (Å²) < 4.78 is 11.8. The minimum absolute atomic E-state index is 0.0572. The molecule has 0 bridgehead atoms. The SMILES string of the molecule is COCN(C)CCc1cc(Oc2c(Cl)cc(-n3nc(C#N)c(=O)[nH]c3=O)cc2Cl)ccc1C=O. The molecule has 176 valence electrons. The standard InChI is InChI=1S/C22H19Cl2N5O5/c1-28(12-33-2)6-5-13-7-16(4-3-14(13)11-30)34-20-17(23)8-15(9-18(20)24)29-22(32)26-21(31)19(10-25)27-29/h3-4,7-9,11H,5-6,12H2,1-2H3,(H,26,31,32). The Morgan fingerprint density at radius 1 is 1.24 bits per heavy atom. The molecule has 0 aliphatic rings. The van der Waals surface area contributed by atoms with E-state index in [2.05, 4.69) is 5.10 Å². The van der Waals surface area contributed by atoms with E-state index in [1.807, 2.05) is 16.9 Å². The molecule has 0 saturated heterocycles. The zero-order valence-electron chi connectivity index (χ0n) is 18.2. The number of nitrogens with zero attached hydrogens (tertiary/aromatic N) is 4. The minimum Gasteiger partial charge on any atom is -0.454 e. The first-order valence-electron chi connectivity index (χ1n) is 9.84. The highest BCUT2D eigenvalue weighted by molar-refractivity contribution is 6.37. The molecule has 0 amide bonds. The second-order valence-electron chi connectivity index (χ2n) is 7.20. The molecule has 3 rings (SSSR count). The summed E-state index contributed by atoms with van der Waals surface area (Å²) in [5.74, 6) is 0.518. The summed E-state index contributed by atoms with van der Waals surface area (Å²) in [7, 11) is 3.50. The topological polar surface area (TPSA) is 130 Å². The van der Waals surface area contributed by atoms with Crippen molar-refractivity contribution in [3.8, 4) is 23.3 Å². The van der Waals surface area contributed by atoms with Crippen LogP contribution in [0.3, 0.4) is 0 Å². The molecule has 2 aromatic carbocycles. The normalized spacial score (nSPS) is 10.8. The van der Waals surface area contributed by atoms with E-state index >= 15 is 0 Å². The monoisotopic (exact) mass is 503 g/mol. The fraction of sp³-hybridized carbons (Fsp3) is 0.227. The number of rotatable bonds is 9. The molecule has 1 N–H and O–H groups in total. The summed E-state index contributed by atoms with van der Waals surface area (Å²) in [6.45, 7) is 1.10. The van der Waals surface area contributed by atoms with E-state index in [-0.39, 0.29) is 21.5 Å². The Kier molecular flexibility index (Phi) is 8.20. The predicted molar refractivity (Wildman–Crippen MR) is 125 cm³/mol. The fourth-order valence-corrected chi connectivity index (χ4v) is 3.66. The van der Waals surface area contributed by atoms with Gasteiger partial charge in [0, 0.05) is 19.2 Å². The molecule has 0 unspecified atom stereocenters. The van der Waals surface area contributed by atoms with Crippen molar-refractivity contribution in [2.24, 2.45) is 0 Å². The van der Waals surface area contributed by atoms with Gasteiger partial charge in [-0.2, -0.15) is 9.94 Å².